The van der Waals surface area contributed by atoms with Gasteiger partial charge in [0.25, 0.3) is 0 Å². The molecule has 0 amide bonds. The highest BCUT2D eigenvalue weighted by Crippen LogP contribution is 2.32. The molecule has 6 heteroatoms. The number of hydrogen-bond acceptors (Lipinski definition) is 5. The first-order valence-electron chi connectivity index (χ1n) is 5.60. The van der Waals surface area contributed by atoms with Crippen molar-refractivity contribution in [3.05, 3.63) is 18.1 Å². The number of nitrogens with zero attached hydrogens (tertiary/aromatic N) is 3. The molecule has 0 aromatic carbocycles. The topological polar surface area (TPSA) is 86.2 Å². The van der Waals surface area contributed by atoms with Crippen molar-refractivity contribution in [2.75, 3.05) is 5.73 Å². The summed E-state index contributed by atoms with van der Waals surface area (Å²) in [5.41, 5.74) is 7.88. The van der Waals surface area contributed by atoms with E-state index in [4.69, 9.17) is 10.5 Å². The molecule has 2 unspecified atom stereocenters. The van der Waals surface area contributed by atoms with Crippen molar-refractivity contribution in [2.24, 2.45) is 0 Å². The zero-order valence-corrected chi connectivity index (χ0v) is 9.50. The van der Waals surface area contributed by atoms with Crippen LogP contribution in [0.4, 0.5) is 5.69 Å². The van der Waals surface area contributed by atoms with Gasteiger partial charge in [0.05, 0.1) is 11.9 Å². The number of hydrogen-bond donors (Lipinski definition) is 2. The molecule has 0 spiro atoms. The summed E-state index contributed by atoms with van der Waals surface area (Å²) < 4.78 is 7.43. The Morgan fingerprint density at radius 1 is 1.65 bits per heavy atom. The van der Waals surface area contributed by atoms with Crippen LogP contribution < -0.4 is 5.73 Å². The maximum Gasteiger partial charge on any atom is 0.160 e. The van der Waals surface area contributed by atoms with E-state index < -0.39 is 6.29 Å². The number of rotatable bonds is 2. The predicted molar refractivity (Wildman–Crippen MR) is 62.1 cm³/mol. The summed E-state index contributed by atoms with van der Waals surface area (Å²) in [6.45, 7) is 2.40. The molecular weight excluding hydrogens is 220 g/mol. The highest BCUT2D eigenvalue weighted by Gasteiger charge is 2.28. The molecule has 17 heavy (non-hydrogen) atoms. The lowest BCUT2D eigenvalue weighted by Crippen LogP contribution is -2.11. The fourth-order valence-corrected chi connectivity index (χ4v) is 2.25. The molecule has 0 aliphatic carbocycles. The quantitative estimate of drug-likeness (QED) is 0.751. The number of nitrogen functional groups attached to an aromatic ring is 1. The third-order valence-electron chi connectivity index (χ3n) is 2.90. The second kappa shape index (κ2) is 3.68. The van der Waals surface area contributed by atoms with E-state index in [9.17, 15) is 5.11 Å². The van der Waals surface area contributed by atoms with Gasteiger partial charge in [0.15, 0.2) is 11.9 Å². The van der Waals surface area contributed by atoms with Crippen LogP contribution in [-0.4, -0.2) is 25.9 Å². The van der Waals surface area contributed by atoms with Gasteiger partial charge in [0.2, 0.25) is 0 Å². The molecule has 3 rings (SSSR count). The number of anilines is 1. The molecule has 0 saturated carbocycles. The predicted octanol–water partition coefficient (Wildman–Crippen LogP) is 0.813. The Labute approximate surface area is 98.0 Å². The van der Waals surface area contributed by atoms with Gasteiger partial charge in [-0.3, -0.25) is 0 Å². The van der Waals surface area contributed by atoms with Gasteiger partial charge in [-0.05, 0) is 19.4 Å². The van der Waals surface area contributed by atoms with Crippen molar-refractivity contribution in [3.8, 4) is 0 Å². The van der Waals surface area contributed by atoms with E-state index in [0.717, 1.165) is 30.0 Å². The maximum absolute atomic E-state index is 9.26. The Morgan fingerprint density at radius 3 is 3.24 bits per heavy atom. The first-order chi connectivity index (χ1) is 8.15. The molecular formula is C11H14N4O2. The lowest BCUT2D eigenvalue weighted by molar-refractivity contribution is -0.126. The average molecular weight is 234 g/mol. The zero-order valence-electron chi connectivity index (χ0n) is 9.50. The van der Waals surface area contributed by atoms with Crippen LogP contribution >= 0.6 is 0 Å². The zero-order chi connectivity index (χ0) is 12.0. The number of ether oxygens (including phenoxy) is 1. The summed E-state index contributed by atoms with van der Waals surface area (Å²) in [5, 5.41) is 9.26. The number of pyridine rings is 1. The fourth-order valence-electron chi connectivity index (χ4n) is 2.25. The molecule has 3 N–H and O–H groups in total. The number of aliphatic hydroxyl groups is 1. The van der Waals surface area contributed by atoms with Crippen molar-refractivity contribution in [1.82, 2.24) is 14.5 Å². The molecule has 0 fully saturated rings. The van der Waals surface area contributed by atoms with Gasteiger partial charge < -0.3 is 20.1 Å². The minimum atomic E-state index is -0.788. The highest BCUT2D eigenvalue weighted by atomic mass is 16.6. The third-order valence-corrected chi connectivity index (χ3v) is 2.90. The van der Waals surface area contributed by atoms with Crippen molar-refractivity contribution in [2.45, 2.75) is 32.3 Å². The van der Waals surface area contributed by atoms with Crippen molar-refractivity contribution < 1.29 is 9.84 Å². The van der Waals surface area contributed by atoms with Crippen molar-refractivity contribution in [3.63, 3.8) is 0 Å². The number of aromatic nitrogens is 3. The van der Waals surface area contributed by atoms with Crippen LogP contribution in [0.1, 0.15) is 25.3 Å². The van der Waals surface area contributed by atoms with E-state index in [1.54, 1.807) is 19.2 Å². The molecule has 6 nitrogen and oxygen atoms in total. The number of aliphatic hydroxyl groups excluding tert-OH is 1. The summed E-state index contributed by atoms with van der Waals surface area (Å²) in [5.74, 6) is 0.819. The molecule has 2 aromatic rings. The van der Waals surface area contributed by atoms with E-state index in [-0.39, 0.29) is 6.10 Å². The van der Waals surface area contributed by atoms with Gasteiger partial charge >= 0.3 is 0 Å². The lowest BCUT2D eigenvalue weighted by atomic mass is 10.3. The van der Waals surface area contributed by atoms with Gasteiger partial charge in [-0.15, -0.1) is 0 Å². The summed E-state index contributed by atoms with van der Waals surface area (Å²) in [7, 11) is 0. The molecule has 3 heterocycles. The molecule has 1 aliphatic heterocycles. The third kappa shape index (κ3) is 1.65. The van der Waals surface area contributed by atoms with Crippen molar-refractivity contribution >= 4 is 16.9 Å². The lowest BCUT2D eigenvalue weighted by Gasteiger charge is -2.12. The Morgan fingerprint density at radius 2 is 2.47 bits per heavy atom. The van der Waals surface area contributed by atoms with Crippen LogP contribution in [0.5, 0.6) is 0 Å². The smallest absolute Gasteiger partial charge is 0.160 e. The van der Waals surface area contributed by atoms with Gasteiger partial charge in [-0.1, -0.05) is 0 Å². The molecule has 2 aromatic heterocycles. The number of nitrogens with two attached hydrogens (primary N) is 1. The molecule has 0 radical (unpaired) electrons. The van der Waals surface area contributed by atoms with Crippen LogP contribution in [0, 0.1) is 0 Å². The van der Waals surface area contributed by atoms with Crippen molar-refractivity contribution in [1.29, 1.82) is 0 Å². The average Bonchev–Trinajstić information content (AvgIpc) is 2.77. The van der Waals surface area contributed by atoms with Crippen LogP contribution in [0.25, 0.3) is 11.2 Å². The Bertz CT molecular complexity index is 564. The first kappa shape index (κ1) is 10.5. The molecule has 90 valence electrons. The second-order valence-corrected chi connectivity index (χ2v) is 4.25. The molecule has 1 aliphatic rings. The summed E-state index contributed by atoms with van der Waals surface area (Å²) in [4.78, 5) is 8.76. The number of fused-ring (bicyclic) bond motifs is 3. The normalized spacial score (nSPS) is 20.7. The van der Waals surface area contributed by atoms with E-state index in [1.165, 1.54) is 0 Å². The fraction of sp³-hybridized carbons (Fsp3) is 0.455. The minimum Gasteiger partial charge on any atom is -0.397 e. The SMILES string of the molecule is CC(O)OC1CCn2c1nc1cc(N)cnc12. The van der Waals surface area contributed by atoms with Gasteiger partial charge in [-0.25, -0.2) is 9.97 Å². The minimum absolute atomic E-state index is 0.162. The Kier molecular flexibility index (Phi) is 2.27. The number of imidazole rings is 1. The van der Waals surface area contributed by atoms with E-state index in [1.807, 2.05) is 4.57 Å². The van der Waals surface area contributed by atoms with Crippen LogP contribution in [0.3, 0.4) is 0 Å². The second-order valence-electron chi connectivity index (χ2n) is 4.25. The molecule has 2 atom stereocenters. The Balaban J connectivity index is 2.06. The monoisotopic (exact) mass is 234 g/mol. The van der Waals surface area contributed by atoms with Crippen LogP contribution in [-0.2, 0) is 11.3 Å². The van der Waals surface area contributed by atoms with E-state index in [2.05, 4.69) is 9.97 Å². The van der Waals surface area contributed by atoms with E-state index >= 15 is 0 Å². The summed E-state index contributed by atoms with van der Waals surface area (Å²) in [6, 6.07) is 1.80. The maximum atomic E-state index is 9.26. The molecule has 0 bridgehead atoms. The van der Waals surface area contributed by atoms with Gasteiger partial charge in [-0.2, -0.15) is 0 Å². The van der Waals surface area contributed by atoms with Crippen LogP contribution in [0.15, 0.2) is 12.3 Å². The number of aryl methyl sites for hydroxylation is 1. The Hall–Kier alpha value is -1.66. The van der Waals surface area contributed by atoms with Crippen LogP contribution in [0.2, 0.25) is 0 Å². The summed E-state index contributed by atoms with van der Waals surface area (Å²) in [6.07, 6.45) is 1.49. The largest absolute Gasteiger partial charge is 0.397 e. The van der Waals surface area contributed by atoms with E-state index in [0.29, 0.717) is 5.69 Å². The van der Waals surface area contributed by atoms with Gasteiger partial charge in [0, 0.05) is 6.54 Å². The molecule has 0 saturated heterocycles. The highest BCUT2D eigenvalue weighted by molar-refractivity contribution is 5.75. The first-order valence-corrected chi connectivity index (χ1v) is 5.60. The summed E-state index contributed by atoms with van der Waals surface area (Å²) >= 11 is 0. The van der Waals surface area contributed by atoms with Gasteiger partial charge in [0.1, 0.15) is 17.4 Å². The standard InChI is InChI=1S/C11H14N4O2/c1-6(16)17-9-2-3-15-10-8(14-11(9)15)4-7(12)5-13-10/h4-6,9,16H,2-3,12H2,1H3.